The predicted molar refractivity (Wildman–Crippen MR) is 102 cm³/mol. The van der Waals surface area contributed by atoms with Gasteiger partial charge in [-0.2, -0.15) is 4.99 Å². The maximum atomic E-state index is 11.8. The van der Waals surface area contributed by atoms with Crippen molar-refractivity contribution in [1.82, 2.24) is 9.97 Å². The number of hydrogen-bond donors (Lipinski definition) is 2. The van der Waals surface area contributed by atoms with Crippen LogP contribution >= 0.6 is 28.3 Å². The molecule has 0 atom stereocenters. The molecule has 2 rings (SSSR count). The number of halogens is 2. The fraction of sp³-hybridized carbons (Fsp3) is 0.250. The maximum absolute atomic E-state index is 11.8. The fourth-order valence-electron chi connectivity index (χ4n) is 1.98. The maximum Gasteiger partial charge on any atom is 0.280 e. The van der Waals surface area contributed by atoms with Gasteiger partial charge in [0, 0.05) is 5.56 Å². The summed E-state index contributed by atoms with van der Waals surface area (Å²) in [4.78, 5) is 24.2. The summed E-state index contributed by atoms with van der Waals surface area (Å²) < 4.78 is 6.39. The molecule has 0 fully saturated rings. The summed E-state index contributed by atoms with van der Waals surface area (Å²) >= 11 is 3.38. The van der Waals surface area contributed by atoms with Crippen molar-refractivity contribution in [2.24, 2.45) is 16.5 Å². The van der Waals surface area contributed by atoms with Crippen LogP contribution in [0.4, 0.5) is 0 Å². The zero-order valence-electron chi connectivity index (χ0n) is 14.0. The first kappa shape index (κ1) is 20.9. The third-order valence-corrected chi connectivity index (χ3v) is 3.97. The first-order valence-corrected chi connectivity index (χ1v) is 7.94. The summed E-state index contributed by atoms with van der Waals surface area (Å²) in [5.74, 6) is -0.214. The van der Waals surface area contributed by atoms with Gasteiger partial charge in [-0.05, 0) is 54.9 Å². The van der Waals surface area contributed by atoms with Crippen LogP contribution in [0.15, 0.2) is 27.7 Å². The lowest BCUT2D eigenvalue weighted by Crippen LogP contribution is -2.24. The largest absolute Gasteiger partial charge is 0.486 e. The molecule has 0 radical (unpaired) electrons. The highest BCUT2D eigenvalue weighted by Gasteiger charge is 2.11. The van der Waals surface area contributed by atoms with Gasteiger partial charge in [0.25, 0.3) is 5.91 Å². The molecule has 7 nitrogen and oxygen atoms in total. The fourth-order valence-corrected chi connectivity index (χ4v) is 2.47. The number of aliphatic imine (C=N–C) groups is 1. The van der Waals surface area contributed by atoms with Crippen LogP contribution < -0.4 is 16.2 Å². The second-order valence-electron chi connectivity index (χ2n) is 5.20. The number of benzene rings is 1. The summed E-state index contributed by atoms with van der Waals surface area (Å²) in [6.45, 7) is 6.00. The Morgan fingerprint density at radius 2 is 1.80 bits per heavy atom. The smallest absolute Gasteiger partial charge is 0.280 e. The van der Waals surface area contributed by atoms with Gasteiger partial charge in [0.15, 0.2) is 5.96 Å². The first-order chi connectivity index (χ1) is 11.3. The number of rotatable bonds is 4. The SMILES string of the molecule is Cc1nc(C)c(COc2ccc(C(=O)N=C(N)N)cc2Br)nc1C.Cl. The summed E-state index contributed by atoms with van der Waals surface area (Å²) in [5.41, 5.74) is 14.1. The van der Waals surface area contributed by atoms with E-state index in [4.69, 9.17) is 16.2 Å². The summed E-state index contributed by atoms with van der Waals surface area (Å²) in [6, 6.07) is 4.86. The Morgan fingerprint density at radius 1 is 1.16 bits per heavy atom. The van der Waals surface area contributed by atoms with Crippen molar-refractivity contribution in [3.05, 3.63) is 51.0 Å². The van der Waals surface area contributed by atoms with E-state index < -0.39 is 5.91 Å². The topological polar surface area (TPSA) is 116 Å². The number of nitrogens with zero attached hydrogens (tertiary/aromatic N) is 3. The second-order valence-corrected chi connectivity index (χ2v) is 6.06. The van der Waals surface area contributed by atoms with E-state index in [9.17, 15) is 4.79 Å². The van der Waals surface area contributed by atoms with Crippen LogP contribution in [0, 0.1) is 20.8 Å². The van der Waals surface area contributed by atoms with E-state index in [2.05, 4.69) is 30.9 Å². The monoisotopic (exact) mass is 427 g/mol. The highest BCUT2D eigenvalue weighted by atomic mass is 79.9. The zero-order valence-corrected chi connectivity index (χ0v) is 16.4. The number of hydrogen-bond acceptors (Lipinski definition) is 4. The Balaban J connectivity index is 0.00000312. The number of carbonyl (C=O) groups is 1. The van der Waals surface area contributed by atoms with Crippen LogP contribution in [0.2, 0.25) is 0 Å². The summed E-state index contributed by atoms with van der Waals surface area (Å²) in [7, 11) is 0. The molecule has 0 aliphatic rings. The van der Waals surface area contributed by atoms with Gasteiger partial charge in [-0.15, -0.1) is 12.4 Å². The minimum atomic E-state index is -0.516. The molecule has 0 saturated heterocycles. The molecule has 2 aromatic rings. The van der Waals surface area contributed by atoms with E-state index in [1.165, 1.54) is 0 Å². The molecule has 0 aliphatic carbocycles. The molecule has 9 heteroatoms. The molecular weight excluding hydrogens is 410 g/mol. The first-order valence-electron chi connectivity index (χ1n) is 7.15. The number of guanidine groups is 1. The molecule has 1 aromatic carbocycles. The van der Waals surface area contributed by atoms with E-state index in [1.807, 2.05) is 20.8 Å². The molecule has 1 amide bonds. The van der Waals surface area contributed by atoms with Crippen LogP contribution in [0.25, 0.3) is 0 Å². The molecule has 134 valence electrons. The second kappa shape index (κ2) is 8.77. The van der Waals surface area contributed by atoms with E-state index in [0.29, 0.717) is 15.8 Å². The van der Waals surface area contributed by atoms with Crippen LogP contribution in [0.5, 0.6) is 5.75 Å². The van der Waals surface area contributed by atoms with Crippen molar-refractivity contribution in [2.45, 2.75) is 27.4 Å². The minimum absolute atomic E-state index is 0. The molecule has 1 aromatic heterocycles. The van der Waals surface area contributed by atoms with Gasteiger partial charge in [-0.3, -0.25) is 14.8 Å². The molecule has 0 aliphatic heterocycles. The van der Waals surface area contributed by atoms with Crippen molar-refractivity contribution < 1.29 is 9.53 Å². The Hall–Kier alpha value is -2.19. The lowest BCUT2D eigenvalue weighted by atomic mass is 10.2. The van der Waals surface area contributed by atoms with Gasteiger partial charge >= 0.3 is 0 Å². The predicted octanol–water partition coefficient (Wildman–Crippen LogP) is 2.58. The molecule has 0 bridgehead atoms. The van der Waals surface area contributed by atoms with Gasteiger partial charge in [-0.25, -0.2) is 0 Å². The highest BCUT2D eigenvalue weighted by molar-refractivity contribution is 9.10. The van der Waals surface area contributed by atoms with Gasteiger partial charge in [0.2, 0.25) is 0 Å². The number of ether oxygens (including phenoxy) is 1. The van der Waals surface area contributed by atoms with Crippen LogP contribution in [0.1, 0.15) is 33.1 Å². The highest BCUT2D eigenvalue weighted by Crippen LogP contribution is 2.27. The lowest BCUT2D eigenvalue weighted by molar-refractivity contribution is 0.100. The molecule has 0 saturated carbocycles. The van der Waals surface area contributed by atoms with Gasteiger partial charge in [-0.1, -0.05) is 0 Å². The van der Waals surface area contributed by atoms with Crippen molar-refractivity contribution in [3.8, 4) is 5.75 Å². The van der Waals surface area contributed by atoms with E-state index in [-0.39, 0.29) is 25.0 Å². The number of aromatic nitrogens is 2. The lowest BCUT2D eigenvalue weighted by Gasteiger charge is -2.11. The normalized spacial score (nSPS) is 9.92. The molecule has 1 heterocycles. The van der Waals surface area contributed by atoms with Crippen molar-refractivity contribution in [1.29, 1.82) is 0 Å². The Morgan fingerprint density at radius 3 is 2.40 bits per heavy atom. The average Bonchev–Trinajstić information content (AvgIpc) is 2.49. The Bertz CT molecular complexity index is 822. The number of carbonyl (C=O) groups excluding carboxylic acids is 1. The quantitative estimate of drug-likeness (QED) is 0.571. The number of aryl methyl sites for hydroxylation is 3. The minimum Gasteiger partial charge on any atom is -0.486 e. The molecule has 25 heavy (non-hydrogen) atoms. The Kier molecular flexibility index (Phi) is 7.32. The third kappa shape index (κ3) is 5.40. The van der Waals surface area contributed by atoms with Gasteiger partial charge in [0.1, 0.15) is 12.4 Å². The van der Waals surface area contributed by atoms with E-state index >= 15 is 0 Å². The number of nitrogens with two attached hydrogens (primary N) is 2. The van der Waals surface area contributed by atoms with E-state index in [0.717, 1.165) is 22.8 Å². The summed E-state index contributed by atoms with van der Waals surface area (Å²) in [5, 5.41) is 0. The molecular formula is C16H19BrClN5O2. The van der Waals surface area contributed by atoms with Crippen molar-refractivity contribution in [2.75, 3.05) is 0 Å². The molecule has 0 spiro atoms. The van der Waals surface area contributed by atoms with Crippen molar-refractivity contribution >= 4 is 40.2 Å². The zero-order chi connectivity index (χ0) is 17.9. The standard InChI is InChI=1S/C16H18BrN5O2.ClH/c1-8-9(2)21-13(10(3)20-8)7-24-14-5-4-11(6-12(14)17)15(23)22-16(18)19;/h4-6H,7H2,1-3H3,(H4,18,19,22,23);1H. The van der Waals surface area contributed by atoms with Crippen LogP contribution in [-0.4, -0.2) is 21.8 Å². The van der Waals surface area contributed by atoms with Crippen molar-refractivity contribution in [3.63, 3.8) is 0 Å². The Labute approximate surface area is 160 Å². The average molecular weight is 429 g/mol. The van der Waals surface area contributed by atoms with Gasteiger partial charge < -0.3 is 16.2 Å². The van der Waals surface area contributed by atoms with Crippen LogP contribution in [-0.2, 0) is 6.61 Å². The molecule has 4 N–H and O–H groups in total. The molecule has 0 unspecified atom stereocenters. The van der Waals surface area contributed by atoms with Crippen LogP contribution in [0.3, 0.4) is 0 Å². The number of amides is 1. The van der Waals surface area contributed by atoms with Gasteiger partial charge in [0.05, 0.1) is 27.2 Å². The third-order valence-electron chi connectivity index (χ3n) is 3.35. The summed E-state index contributed by atoms with van der Waals surface area (Å²) in [6.07, 6.45) is 0. The van der Waals surface area contributed by atoms with E-state index in [1.54, 1.807) is 18.2 Å².